The van der Waals surface area contributed by atoms with E-state index in [-0.39, 0.29) is 16.3 Å². The molecule has 0 aliphatic carbocycles. The minimum absolute atomic E-state index is 0.00640. The van der Waals surface area contributed by atoms with Gasteiger partial charge in [-0.3, -0.25) is 14.9 Å². The summed E-state index contributed by atoms with van der Waals surface area (Å²) in [6.45, 7) is 2.11. The number of rotatable bonds is 5. The van der Waals surface area contributed by atoms with Crippen molar-refractivity contribution >= 4 is 45.4 Å². The van der Waals surface area contributed by atoms with Crippen molar-refractivity contribution in [1.29, 1.82) is 0 Å². The Hall–Kier alpha value is -2.97. The fraction of sp³-hybridized carbons (Fsp3) is 0.238. The molecule has 4 rings (SSSR count). The monoisotopic (exact) mass is 442 g/mol. The minimum atomic E-state index is -0.611. The predicted octanol–water partition coefficient (Wildman–Crippen LogP) is 5.61. The minimum Gasteiger partial charge on any atom is -0.348 e. The number of hydrogen-bond donors (Lipinski definition) is 1. The topological polar surface area (TPSA) is 88.4 Å². The molecular weight excluding hydrogens is 424 g/mol. The Morgan fingerprint density at radius 2 is 1.87 bits per heavy atom. The number of anilines is 2. The van der Waals surface area contributed by atoms with Crippen molar-refractivity contribution in [3.8, 4) is 11.3 Å². The average molecular weight is 443 g/mol. The van der Waals surface area contributed by atoms with Crippen LogP contribution in [0.3, 0.4) is 0 Å². The smallest absolute Gasteiger partial charge is 0.288 e. The number of aromatic nitrogens is 1. The SMILES string of the molecule is O=C(Nc1ccc(-c2csc(N3CCCCC3)n2)cc1)c1ccc(Cl)c([N+](=O)[O-])c1. The number of nitrogens with one attached hydrogen (secondary N) is 1. The van der Waals surface area contributed by atoms with Gasteiger partial charge in [0.2, 0.25) is 0 Å². The molecule has 0 saturated carbocycles. The van der Waals surface area contributed by atoms with Gasteiger partial charge in [-0.1, -0.05) is 23.7 Å². The van der Waals surface area contributed by atoms with E-state index in [2.05, 4.69) is 10.2 Å². The van der Waals surface area contributed by atoms with Gasteiger partial charge in [-0.05, 0) is 43.5 Å². The Morgan fingerprint density at radius 3 is 2.57 bits per heavy atom. The Balaban J connectivity index is 1.45. The molecule has 2 aromatic carbocycles. The number of hydrogen-bond acceptors (Lipinski definition) is 6. The highest BCUT2D eigenvalue weighted by atomic mass is 35.5. The van der Waals surface area contributed by atoms with Gasteiger partial charge in [-0.2, -0.15) is 0 Å². The van der Waals surface area contributed by atoms with Gasteiger partial charge in [0.1, 0.15) is 5.02 Å². The lowest BCUT2D eigenvalue weighted by Gasteiger charge is -2.25. The second-order valence-electron chi connectivity index (χ2n) is 7.02. The summed E-state index contributed by atoms with van der Waals surface area (Å²) in [5, 5.41) is 16.8. The highest BCUT2D eigenvalue weighted by molar-refractivity contribution is 7.14. The van der Waals surface area contributed by atoms with Crippen LogP contribution in [-0.4, -0.2) is 28.9 Å². The number of halogens is 1. The summed E-state index contributed by atoms with van der Waals surface area (Å²) in [6.07, 6.45) is 3.70. The van der Waals surface area contributed by atoms with Crippen LogP contribution in [0.5, 0.6) is 0 Å². The quantitative estimate of drug-likeness (QED) is 0.409. The number of nitro groups is 1. The molecule has 1 aliphatic rings. The standard InChI is InChI=1S/C21H19ClN4O3S/c22-17-9-6-15(12-19(17)26(28)29)20(27)23-16-7-4-14(5-8-16)18-13-30-21(24-18)25-10-2-1-3-11-25/h4-9,12-13H,1-3,10-11H2,(H,23,27). The molecule has 0 bridgehead atoms. The van der Waals surface area contributed by atoms with Crippen molar-refractivity contribution in [1.82, 2.24) is 4.98 Å². The molecule has 1 amide bonds. The van der Waals surface area contributed by atoms with Crippen molar-refractivity contribution in [2.45, 2.75) is 19.3 Å². The lowest BCUT2D eigenvalue weighted by molar-refractivity contribution is -0.384. The van der Waals surface area contributed by atoms with Gasteiger partial charge < -0.3 is 10.2 Å². The van der Waals surface area contributed by atoms with Crippen molar-refractivity contribution in [3.63, 3.8) is 0 Å². The summed E-state index contributed by atoms with van der Waals surface area (Å²) in [6, 6.07) is 11.3. The van der Waals surface area contributed by atoms with Crippen molar-refractivity contribution in [2.75, 3.05) is 23.3 Å². The first-order valence-corrected chi connectivity index (χ1v) is 10.8. The summed E-state index contributed by atoms with van der Waals surface area (Å²) in [5.41, 5.74) is 2.34. The molecule has 0 radical (unpaired) electrons. The fourth-order valence-corrected chi connectivity index (χ4v) is 4.42. The number of thiazole rings is 1. The summed E-state index contributed by atoms with van der Waals surface area (Å²) >= 11 is 7.45. The number of nitrogens with zero attached hydrogens (tertiary/aromatic N) is 3. The zero-order valence-corrected chi connectivity index (χ0v) is 17.6. The summed E-state index contributed by atoms with van der Waals surface area (Å²) in [7, 11) is 0. The zero-order chi connectivity index (χ0) is 21.1. The van der Waals surface area contributed by atoms with Crippen molar-refractivity contribution in [3.05, 3.63) is 68.5 Å². The normalized spacial score (nSPS) is 13.8. The van der Waals surface area contributed by atoms with Gasteiger partial charge in [0.25, 0.3) is 11.6 Å². The molecule has 0 unspecified atom stereocenters. The molecule has 3 aromatic rings. The van der Waals surface area contributed by atoms with E-state index < -0.39 is 10.8 Å². The Bertz CT molecular complexity index is 1080. The maximum absolute atomic E-state index is 12.4. The lowest BCUT2D eigenvalue weighted by atomic mass is 10.1. The lowest BCUT2D eigenvalue weighted by Crippen LogP contribution is -2.29. The summed E-state index contributed by atoms with van der Waals surface area (Å²) < 4.78 is 0. The number of carbonyl (C=O) groups is 1. The molecule has 1 saturated heterocycles. The van der Waals surface area contributed by atoms with Crippen LogP contribution in [0.4, 0.5) is 16.5 Å². The molecule has 1 fully saturated rings. The molecule has 1 aliphatic heterocycles. The molecule has 0 spiro atoms. The maximum Gasteiger partial charge on any atom is 0.288 e. The number of carbonyl (C=O) groups excluding carboxylic acids is 1. The molecule has 1 N–H and O–H groups in total. The average Bonchev–Trinajstić information content (AvgIpc) is 3.25. The van der Waals surface area contributed by atoms with E-state index in [4.69, 9.17) is 16.6 Å². The van der Waals surface area contributed by atoms with Crippen LogP contribution in [0.1, 0.15) is 29.6 Å². The van der Waals surface area contributed by atoms with E-state index in [1.807, 2.05) is 17.5 Å². The first kappa shape index (κ1) is 20.3. The van der Waals surface area contributed by atoms with E-state index in [0.717, 1.165) is 29.5 Å². The van der Waals surface area contributed by atoms with Crippen LogP contribution in [-0.2, 0) is 0 Å². The van der Waals surface area contributed by atoms with Gasteiger partial charge in [0.05, 0.1) is 10.6 Å². The van der Waals surface area contributed by atoms with Crippen LogP contribution in [0.2, 0.25) is 5.02 Å². The molecule has 1 aromatic heterocycles. The first-order valence-electron chi connectivity index (χ1n) is 9.57. The molecule has 9 heteroatoms. The third-order valence-electron chi connectivity index (χ3n) is 4.96. The number of nitro benzene ring substituents is 1. The number of amides is 1. The first-order chi connectivity index (χ1) is 14.5. The van der Waals surface area contributed by atoms with Gasteiger partial charge in [-0.25, -0.2) is 4.98 Å². The van der Waals surface area contributed by atoms with E-state index in [1.54, 1.807) is 23.5 Å². The van der Waals surface area contributed by atoms with E-state index in [1.165, 1.54) is 37.5 Å². The van der Waals surface area contributed by atoms with Crippen LogP contribution < -0.4 is 10.2 Å². The van der Waals surface area contributed by atoms with Gasteiger partial charge in [0.15, 0.2) is 5.13 Å². The number of benzene rings is 2. The highest BCUT2D eigenvalue weighted by Gasteiger charge is 2.17. The molecular formula is C21H19ClN4O3S. The van der Waals surface area contributed by atoms with E-state index in [0.29, 0.717) is 5.69 Å². The van der Waals surface area contributed by atoms with Gasteiger partial charge in [0, 0.05) is 41.4 Å². The Morgan fingerprint density at radius 1 is 1.13 bits per heavy atom. The number of piperidine rings is 1. The maximum atomic E-state index is 12.4. The third-order valence-corrected chi connectivity index (χ3v) is 6.18. The molecule has 7 nitrogen and oxygen atoms in total. The van der Waals surface area contributed by atoms with E-state index >= 15 is 0 Å². The Kier molecular flexibility index (Phi) is 5.96. The second kappa shape index (κ2) is 8.81. The molecule has 30 heavy (non-hydrogen) atoms. The van der Waals surface area contributed by atoms with Crippen LogP contribution in [0.15, 0.2) is 47.8 Å². The molecule has 154 valence electrons. The zero-order valence-electron chi connectivity index (χ0n) is 16.0. The summed E-state index contributed by atoms with van der Waals surface area (Å²) in [4.78, 5) is 29.9. The van der Waals surface area contributed by atoms with Crippen LogP contribution >= 0.6 is 22.9 Å². The predicted molar refractivity (Wildman–Crippen MR) is 120 cm³/mol. The van der Waals surface area contributed by atoms with Crippen LogP contribution in [0, 0.1) is 10.1 Å². The molecule has 2 heterocycles. The van der Waals surface area contributed by atoms with Crippen LogP contribution in [0.25, 0.3) is 11.3 Å². The second-order valence-corrected chi connectivity index (χ2v) is 8.26. The fourth-order valence-electron chi connectivity index (χ4n) is 3.35. The third kappa shape index (κ3) is 4.44. The van der Waals surface area contributed by atoms with E-state index in [9.17, 15) is 14.9 Å². The van der Waals surface area contributed by atoms with Crippen molar-refractivity contribution in [2.24, 2.45) is 0 Å². The van der Waals surface area contributed by atoms with Gasteiger partial charge >= 0.3 is 0 Å². The van der Waals surface area contributed by atoms with Gasteiger partial charge in [-0.15, -0.1) is 11.3 Å². The van der Waals surface area contributed by atoms with Crippen molar-refractivity contribution < 1.29 is 9.72 Å². The highest BCUT2D eigenvalue weighted by Crippen LogP contribution is 2.30. The Labute approximate surface area is 182 Å². The molecule has 0 atom stereocenters. The summed E-state index contributed by atoms with van der Waals surface area (Å²) in [5.74, 6) is -0.441. The largest absolute Gasteiger partial charge is 0.348 e.